The van der Waals surface area contributed by atoms with Crippen LogP contribution in [0.15, 0.2) is 0 Å². The molecule has 0 radical (unpaired) electrons. The van der Waals surface area contributed by atoms with Gasteiger partial charge in [-0.25, -0.2) is 0 Å². The van der Waals surface area contributed by atoms with Crippen LogP contribution in [0.5, 0.6) is 0 Å². The van der Waals surface area contributed by atoms with Crippen LogP contribution in [0.4, 0.5) is 0 Å². The van der Waals surface area contributed by atoms with Crippen LogP contribution in [0.3, 0.4) is 0 Å². The molecule has 19 heavy (non-hydrogen) atoms. The maximum absolute atomic E-state index is 3.82. The molecule has 1 heterocycles. The standard InChI is InChI=1S/C11H22N2.2C2H6.CH4.H3N/c1-2-4-10(5-3-1)13-11-6-8-12-9-7-11;2*1-2;;/h10-13H,1-9H2;2*1-2H3;1H4;1H3. The van der Waals surface area contributed by atoms with Gasteiger partial charge in [0.05, 0.1) is 0 Å². The van der Waals surface area contributed by atoms with Crippen LogP contribution >= 0.6 is 0 Å². The molecule has 3 nitrogen and oxygen atoms in total. The first-order chi connectivity index (χ1) is 8.45. The Morgan fingerprint density at radius 3 is 1.63 bits per heavy atom. The highest BCUT2D eigenvalue weighted by molar-refractivity contribution is 4.80. The van der Waals surface area contributed by atoms with E-state index in [1.165, 1.54) is 58.0 Å². The topological polar surface area (TPSA) is 59.1 Å². The second kappa shape index (κ2) is 17.9. The molecule has 2 aliphatic rings. The highest BCUT2D eigenvalue weighted by Crippen LogP contribution is 2.18. The van der Waals surface area contributed by atoms with Crippen LogP contribution in [-0.4, -0.2) is 25.2 Å². The molecule has 1 aliphatic carbocycles. The quantitative estimate of drug-likeness (QED) is 0.695. The van der Waals surface area contributed by atoms with Crippen molar-refractivity contribution in [1.82, 2.24) is 16.8 Å². The van der Waals surface area contributed by atoms with E-state index >= 15 is 0 Å². The maximum Gasteiger partial charge on any atom is 0.00938 e. The lowest BCUT2D eigenvalue weighted by atomic mass is 9.94. The smallest absolute Gasteiger partial charge is 0.00938 e. The molecule has 0 unspecified atom stereocenters. The van der Waals surface area contributed by atoms with E-state index in [-0.39, 0.29) is 13.6 Å². The average molecular weight is 276 g/mol. The van der Waals surface area contributed by atoms with Gasteiger partial charge in [0.15, 0.2) is 0 Å². The maximum atomic E-state index is 3.82. The molecule has 120 valence electrons. The Morgan fingerprint density at radius 1 is 0.737 bits per heavy atom. The molecule has 1 saturated carbocycles. The first-order valence-electron chi connectivity index (χ1n) is 7.92. The molecule has 0 spiro atoms. The minimum Gasteiger partial charge on any atom is -0.344 e. The molecule has 0 amide bonds. The summed E-state index contributed by atoms with van der Waals surface area (Å²) in [6.45, 7) is 10.4. The van der Waals surface area contributed by atoms with Crippen molar-refractivity contribution in [2.75, 3.05) is 13.1 Å². The van der Waals surface area contributed by atoms with Crippen LogP contribution in [0.2, 0.25) is 0 Å². The number of hydrogen-bond acceptors (Lipinski definition) is 3. The Bertz CT molecular complexity index is 123. The van der Waals surface area contributed by atoms with Crippen LogP contribution in [-0.2, 0) is 0 Å². The predicted octanol–water partition coefficient (Wildman–Crippen LogP) is 4.51. The van der Waals surface area contributed by atoms with Gasteiger partial charge in [0.2, 0.25) is 0 Å². The monoisotopic (exact) mass is 275 g/mol. The molecule has 3 heteroatoms. The summed E-state index contributed by atoms with van der Waals surface area (Å²) in [7, 11) is 0. The number of piperidine rings is 1. The Morgan fingerprint density at radius 2 is 1.16 bits per heavy atom. The summed E-state index contributed by atoms with van der Waals surface area (Å²) in [6.07, 6.45) is 9.86. The highest BCUT2D eigenvalue weighted by atomic mass is 15.0. The molecule has 5 N–H and O–H groups in total. The number of hydrogen-bond donors (Lipinski definition) is 3. The third-order valence-corrected chi connectivity index (χ3v) is 3.42. The van der Waals surface area contributed by atoms with Gasteiger partial charge in [-0.1, -0.05) is 54.4 Å². The summed E-state index contributed by atoms with van der Waals surface area (Å²) < 4.78 is 0. The van der Waals surface area contributed by atoms with Gasteiger partial charge in [-0.3, -0.25) is 0 Å². The molecular formula is C16H41N3. The summed E-state index contributed by atoms with van der Waals surface area (Å²) in [5, 5.41) is 7.23. The SMILES string of the molecule is C.C1CCC(NC2CCNCC2)CC1.CC.CC.N. The van der Waals surface area contributed by atoms with Crippen LogP contribution < -0.4 is 16.8 Å². The fourth-order valence-corrected chi connectivity index (χ4v) is 2.59. The zero-order valence-electron chi connectivity index (χ0n) is 13.2. The minimum absolute atomic E-state index is 0. The predicted molar refractivity (Wildman–Crippen MR) is 90.3 cm³/mol. The molecule has 1 saturated heterocycles. The fraction of sp³-hybridized carbons (Fsp3) is 1.00. The van der Waals surface area contributed by atoms with Crippen molar-refractivity contribution in [3.8, 4) is 0 Å². The minimum atomic E-state index is 0. The highest BCUT2D eigenvalue weighted by Gasteiger charge is 2.18. The third-order valence-electron chi connectivity index (χ3n) is 3.42. The Balaban J connectivity index is -0.000000392. The molecule has 1 aliphatic heterocycles. The van der Waals surface area contributed by atoms with Crippen LogP contribution in [0, 0.1) is 0 Å². The Kier molecular flexibility index (Phi) is 22.5. The lowest BCUT2D eigenvalue weighted by Gasteiger charge is -2.31. The van der Waals surface area contributed by atoms with E-state index in [1.807, 2.05) is 27.7 Å². The van der Waals surface area contributed by atoms with Crippen molar-refractivity contribution in [3.05, 3.63) is 0 Å². The third kappa shape index (κ3) is 11.4. The zero-order chi connectivity index (χ0) is 12.9. The van der Waals surface area contributed by atoms with E-state index in [0.717, 1.165) is 12.1 Å². The first kappa shape index (κ1) is 23.9. The molecule has 2 rings (SSSR count). The molecule has 0 bridgehead atoms. The van der Waals surface area contributed by atoms with Crippen LogP contribution in [0.1, 0.15) is 80.1 Å². The largest absolute Gasteiger partial charge is 0.344 e. The van der Waals surface area contributed by atoms with Gasteiger partial charge in [-0.2, -0.15) is 0 Å². The van der Waals surface area contributed by atoms with Gasteiger partial charge < -0.3 is 16.8 Å². The summed E-state index contributed by atoms with van der Waals surface area (Å²) in [5.41, 5.74) is 0. The van der Waals surface area contributed by atoms with E-state index in [0.29, 0.717) is 0 Å². The van der Waals surface area contributed by atoms with E-state index < -0.39 is 0 Å². The fourth-order valence-electron chi connectivity index (χ4n) is 2.59. The second-order valence-corrected chi connectivity index (χ2v) is 4.53. The summed E-state index contributed by atoms with van der Waals surface area (Å²) >= 11 is 0. The number of nitrogens with one attached hydrogen (secondary N) is 2. The van der Waals surface area contributed by atoms with Crippen molar-refractivity contribution >= 4 is 0 Å². The normalized spacial score (nSPS) is 19.6. The van der Waals surface area contributed by atoms with E-state index in [9.17, 15) is 0 Å². The zero-order valence-corrected chi connectivity index (χ0v) is 13.2. The summed E-state index contributed by atoms with van der Waals surface area (Å²) in [6, 6.07) is 1.65. The molecule has 0 aromatic rings. The van der Waals surface area contributed by atoms with Gasteiger partial charge in [0, 0.05) is 12.1 Å². The van der Waals surface area contributed by atoms with Gasteiger partial charge in [0.25, 0.3) is 0 Å². The molecule has 0 atom stereocenters. The lowest BCUT2D eigenvalue weighted by Crippen LogP contribution is -2.45. The summed E-state index contributed by atoms with van der Waals surface area (Å²) in [5.74, 6) is 0. The Hall–Kier alpha value is -0.120. The van der Waals surface area contributed by atoms with Crippen molar-refractivity contribution in [2.24, 2.45) is 0 Å². The number of rotatable bonds is 2. The van der Waals surface area contributed by atoms with E-state index in [4.69, 9.17) is 0 Å². The first-order valence-corrected chi connectivity index (χ1v) is 7.92. The molecule has 2 fully saturated rings. The Labute approximate surface area is 122 Å². The van der Waals surface area contributed by atoms with Crippen LogP contribution in [0.25, 0.3) is 0 Å². The summed E-state index contributed by atoms with van der Waals surface area (Å²) in [4.78, 5) is 0. The van der Waals surface area contributed by atoms with Crippen molar-refractivity contribution in [3.63, 3.8) is 0 Å². The van der Waals surface area contributed by atoms with Gasteiger partial charge in [0.1, 0.15) is 0 Å². The second-order valence-electron chi connectivity index (χ2n) is 4.53. The van der Waals surface area contributed by atoms with E-state index in [2.05, 4.69) is 10.6 Å². The van der Waals surface area contributed by atoms with E-state index in [1.54, 1.807) is 0 Å². The van der Waals surface area contributed by atoms with Crippen molar-refractivity contribution in [1.29, 1.82) is 0 Å². The van der Waals surface area contributed by atoms with Crippen molar-refractivity contribution < 1.29 is 0 Å². The van der Waals surface area contributed by atoms with Gasteiger partial charge in [-0.15, -0.1) is 0 Å². The molecular weight excluding hydrogens is 234 g/mol. The lowest BCUT2D eigenvalue weighted by molar-refractivity contribution is 0.298. The van der Waals surface area contributed by atoms with Gasteiger partial charge in [-0.05, 0) is 38.8 Å². The van der Waals surface area contributed by atoms with Crippen molar-refractivity contribution in [2.45, 2.75) is 92.2 Å². The van der Waals surface area contributed by atoms with Gasteiger partial charge >= 0.3 is 0 Å². The molecule has 0 aromatic heterocycles. The average Bonchev–Trinajstić information content (AvgIpc) is 2.45. The molecule has 0 aromatic carbocycles.